The second-order valence-corrected chi connectivity index (χ2v) is 6.84. The fourth-order valence-corrected chi connectivity index (χ4v) is 3.96. The number of carbonyl (C=O) groups excluding carboxylic acids is 1. The van der Waals surface area contributed by atoms with E-state index in [0.29, 0.717) is 0 Å². The van der Waals surface area contributed by atoms with E-state index in [1.165, 1.54) is 25.3 Å². The van der Waals surface area contributed by atoms with E-state index in [4.69, 9.17) is 16.7 Å². The summed E-state index contributed by atoms with van der Waals surface area (Å²) in [5, 5.41) is 9.04. The van der Waals surface area contributed by atoms with Crippen LogP contribution in [0.5, 0.6) is 0 Å². The number of sulfonamides is 1. The molecule has 0 spiro atoms. The summed E-state index contributed by atoms with van der Waals surface area (Å²) < 4.78 is 30.9. The maximum absolute atomic E-state index is 12.6. The van der Waals surface area contributed by atoms with Gasteiger partial charge < -0.3 is 9.84 Å². The average Bonchev–Trinajstić information content (AvgIpc) is 2.43. The van der Waals surface area contributed by atoms with Crippen molar-refractivity contribution in [2.24, 2.45) is 0 Å². The molecule has 1 aromatic rings. The van der Waals surface area contributed by atoms with E-state index in [0.717, 1.165) is 4.31 Å². The molecule has 1 N–H and O–H groups in total. The molecule has 0 saturated carbocycles. The van der Waals surface area contributed by atoms with E-state index in [1.54, 1.807) is 13.8 Å². The molecule has 1 rings (SSSR count). The van der Waals surface area contributed by atoms with Gasteiger partial charge in [0.05, 0.1) is 24.3 Å². The topological polar surface area (TPSA) is 83.9 Å². The summed E-state index contributed by atoms with van der Waals surface area (Å²) >= 11 is 5.96. The number of methoxy groups -OCH3 is 1. The van der Waals surface area contributed by atoms with Crippen molar-refractivity contribution >= 4 is 27.6 Å². The number of hydrogen-bond acceptors (Lipinski definition) is 5. The van der Waals surface area contributed by atoms with Gasteiger partial charge in [0, 0.05) is 12.6 Å². The monoisotopic (exact) mass is 335 g/mol. The highest BCUT2D eigenvalue weighted by Crippen LogP contribution is 2.27. The van der Waals surface area contributed by atoms with Crippen LogP contribution in [0.1, 0.15) is 24.2 Å². The number of nitrogens with zero attached hydrogens (tertiary/aromatic N) is 1. The predicted molar refractivity (Wildman–Crippen MR) is 78.9 cm³/mol. The normalized spacial score (nSPS) is 12.0. The van der Waals surface area contributed by atoms with E-state index in [1.807, 2.05) is 0 Å². The summed E-state index contributed by atoms with van der Waals surface area (Å²) in [6.07, 6.45) is 0. The quantitative estimate of drug-likeness (QED) is 0.797. The minimum atomic E-state index is -3.92. The van der Waals surface area contributed by atoms with Crippen molar-refractivity contribution in [3.8, 4) is 0 Å². The SMILES string of the molecule is COC(=O)c1ccc(Cl)c(S(=O)(=O)N(CCO)C(C)C)c1. The first kappa shape index (κ1) is 17.9. The van der Waals surface area contributed by atoms with E-state index >= 15 is 0 Å². The number of carbonyl (C=O) groups is 1. The zero-order valence-corrected chi connectivity index (χ0v) is 13.6. The van der Waals surface area contributed by atoms with E-state index < -0.39 is 16.0 Å². The standard InChI is InChI=1S/C13H18ClNO5S/c1-9(2)15(6-7-16)21(18,19)12-8-10(13(17)20-3)4-5-11(12)14/h4-5,8-9,16H,6-7H2,1-3H3. The molecule has 0 unspecified atom stereocenters. The van der Waals surface area contributed by atoms with Crippen molar-refractivity contribution < 1.29 is 23.1 Å². The van der Waals surface area contributed by atoms with Crippen LogP contribution in [0, 0.1) is 0 Å². The highest BCUT2D eigenvalue weighted by atomic mass is 35.5. The van der Waals surface area contributed by atoms with Crippen molar-refractivity contribution in [2.45, 2.75) is 24.8 Å². The summed E-state index contributed by atoms with van der Waals surface area (Å²) in [4.78, 5) is 11.3. The smallest absolute Gasteiger partial charge is 0.337 e. The lowest BCUT2D eigenvalue weighted by atomic mass is 10.2. The van der Waals surface area contributed by atoms with Crippen LogP contribution in [0.15, 0.2) is 23.1 Å². The molecule has 0 amide bonds. The van der Waals surface area contributed by atoms with Crippen LogP contribution in [0.2, 0.25) is 5.02 Å². The Kier molecular flexibility index (Phi) is 6.15. The number of aliphatic hydroxyl groups is 1. The van der Waals surface area contributed by atoms with Crippen LogP contribution in [0.4, 0.5) is 0 Å². The van der Waals surface area contributed by atoms with Gasteiger partial charge in [0.2, 0.25) is 10.0 Å². The van der Waals surface area contributed by atoms with Gasteiger partial charge in [-0.3, -0.25) is 0 Å². The van der Waals surface area contributed by atoms with Crippen LogP contribution in [0.3, 0.4) is 0 Å². The lowest BCUT2D eigenvalue weighted by Crippen LogP contribution is -2.39. The van der Waals surface area contributed by atoms with Gasteiger partial charge in [-0.25, -0.2) is 13.2 Å². The Morgan fingerprint density at radius 2 is 2.05 bits per heavy atom. The number of ether oxygens (including phenoxy) is 1. The molecule has 21 heavy (non-hydrogen) atoms. The molecule has 118 valence electrons. The molecule has 0 atom stereocenters. The maximum atomic E-state index is 12.6. The molecule has 0 aliphatic rings. The van der Waals surface area contributed by atoms with Gasteiger partial charge in [0.25, 0.3) is 0 Å². The molecule has 0 radical (unpaired) electrons. The minimum absolute atomic E-state index is 0.00578. The lowest BCUT2D eigenvalue weighted by molar-refractivity contribution is 0.0600. The van der Waals surface area contributed by atoms with Crippen molar-refractivity contribution in [3.05, 3.63) is 28.8 Å². The van der Waals surface area contributed by atoms with E-state index in [-0.39, 0.29) is 34.7 Å². The van der Waals surface area contributed by atoms with Gasteiger partial charge in [-0.1, -0.05) is 11.6 Å². The van der Waals surface area contributed by atoms with Crippen LogP contribution >= 0.6 is 11.6 Å². The number of esters is 1. The molecule has 0 aliphatic carbocycles. The number of benzene rings is 1. The third-order valence-electron chi connectivity index (χ3n) is 2.84. The summed E-state index contributed by atoms with van der Waals surface area (Å²) in [7, 11) is -2.72. The van der Waals surface area contributed by atoms with E-state index in [2.05, 4.69) is 4.74 Å². The van der Waals surface area contributed by atoms with Crippen molar-refractivity contribution in [3.63, 3.8) is 0 Å². The Balaban J connectivity index is 3.39. The van der Waals surface area contributed by atoms with Gasteiger partial charge in [0.15, 0.2) is 0 Å². The minimum Gasteiger partial charge on any atom is -0.465 e. The Morgan fingerprint density at radius 3 is 2.52 bits per heavy atom. The lowest BCUT2D eigenvalue weighted by Gasteiger charge is -2.25. The van der Waals surface area contributed by atoms with Gasteiger partial charge in [-0.15, -0.1) is 0 Å². The second-order valence-electron chi connectivity index (χ2n) is 4.57. The molecular weight excluding hydrogens is 318 g/mol. The molecule has 0 aliphatic heterocycles. The molecule has 0 bridgehead atoms. The average molecular weight is 336 g/mol. The fourth-order valence-electron chi connectivity index (χ4n) is 1.83. The summed E-state index contributed by atoms with van der Waals surface area (Å²) in [5.41, 5.74) is 0.0909. The number of hydrogen-bond donors (Lipinski definition) is 1. The zero-order chi connectivity index (χ0) is 16.2. The second kappa shape index (κ2) is 7.22. The van der Waals surface area contributed by atoms with Crippen molar-refractivity contribution in [1.82, 2.24) is 4.31 Å². The fraction of sp³-hybridized carbons (Fsp3) is 0.462. The molecule has 0 saturated heterocycles. The first-order valence-electron chi connectivity index (χ1n) is 6.26. The third kappa shape index (κ3) is 3.94. The van der Waals surface area contributed by atoms with Gasteiger partial charge >= 0.3 is 5.97 Å². The Labute approximate surface area is 129 Å². The highest BCUT2D eigenvalue weighted by Gasteiger charge is 2.29. The highest BCUT2D eigenvalue weighted by molar-refractivity contribution is 7.89. The maximum Gasteiger partial charge on any atom is 0.337 e. The van der Waals surface area contributed by atoms with Crippen molar-refractivity contribution in [1.29, 1.82) is 0 Å². The van der Waals surface area contributed by atoms with E-state index in [9.17, 15) is 13.2 Å². The summed E-state index contributed by atoms with van der Waals surface area (Å²) in [6.45, 7) is 3.00. The molecule has 1 aromatic carbocycles. The Hall–Kier alpha value is -1.15. The molecule has 8 heteroatoms. The predicted octanol–water partition coefficient (Wildman–Crippen LogP) is 1.52. The van der Waals surface area contributed by atoms with Crippen molar-refractivity contribution in [2.75, 3.05) is 20.3 Å². The zero-order valence-electron chi connectivity index (χ0n) is 12.0. The van der Waals surface area contributed by atoms with Crippen LogP contribution in [0.25, 0.3) is 0 Å². The number of aliphatic hydroxyl groups excluding tert-OH is 1. The first-order chi connectivity index (χ1) is 9.75. The summed E-state index contributed by atoms with van der Waals surface area (Å²) in [6, 6.07) is 3.54. The largest absolute Gasteiger partial charge is 0.465 e. The van der Waals surface area contributed by atoms with Gasteiger partial charge in [-0.05, 0) is 32.0 Å². The molecule has 0 fully saturated rings. The van der Waals surface area contributed by atoms with Crippen LogP contribution in [-0.2, 0) is 14.8 Å². The summed E-state index contributed by atoms with van der Waals surface area (Å²) in [5.74, 6) is -0.652. The van der Waals surface area contributed by atoms with Crippen LogP contribution < -0.4 is 0 Å². The Bertz CT molecular complexity index is 615. The number of rotatable bonds is 6. The van der Waals surface area contributed by atoms with Gasteiger partial charge in [0.1, 0.15) is 4.90 Å². The van der Waals surface area contributed by atoms with Gasteiger partial charge in [-0.2, -0.15) is 4.31 Å². The molecule has 0 heterocycles. The molecular formula is C13H18ClNO5S. The van der Waals surface area contributed by atoms with Crippen LogP contribution in [-0.4, -0.2) is 50.1 Å². The third-order valence-corrected chi connectivity index (χ3v) is 5.39. The first-order valence-corrected chi connectivity index (χ1v) is 8.08. The Morgan fingerprint density at radius 1 is 1.43 bits per heavy atom. The molecule has 6 nitrogen and oxygen atoms in total. The molecule has 0 aromatic heterocycles. The number of halogens is 1.